The first-order valence-electron chi connectivity index (χ1n) is 20.7. The molecule has 2 atom stereocenters. The molecule has 298 valence electrons. The zero-order valence-electron chi connectivity index (χ0n) is 33.1. The number of aromatic nitrogens is 6. The van der Waals surface area contributed by atoms with E-state index in [0.717, 1.165) is 131 Å². The van der Waals surface area contributed by atoms with Gasteiger partial charge < -0.3 is 20.6 Å². The summed E-state index contributed by atoms with van der Waals surface area (Å²) in [5, 5.41) is 5.65. The van der Waals surface area contributed by atoms with Gasteiger partial charge in [-0.1, -0.05) is 36.4 Å². The highest BCUT2D eigenvalue weighted by Gasteiger charge is 2.29. The number of aromatic amines is 2. The molecule has 0 bridgehead atoms. The summed E-state index contributed by atoms with van der Waals surface area (Å²) < 4.78 is 0. The van der Waals surface area contributed by atoms with Gasteiger partial charge in [0.15, 0.2) is 0 Å². The number of carbonyl (C=O) groups is 2. The first-order chi connectivity index (χ1) is 28.1. The van der Waals surface area contributed by atoms with Crippen molar-refractivity contribution in [3.8, 4) is 0 Å². The number of hydrogen-bond donors (Lipinski definition) is 4. The number of nitrogens with one attached hydrogen (secondary N) is 4. The standard InChI is InChI=1S/C23H29N5O.C22H27N5O/c1-17(29)24-13-4-5-15-28(16-22-26-19-10-2-3-11-20(19)27-22)21-12-6-8-18-9-7-14-25-23(18)21;28-16-23-12-3-4-14-27(15-21-25-18-9-1-2-10-19(18)26-21)20-11-5-7-17-8-6-13-24-22(17)20/h2-3,7,9-11,14,21H,4-6,8,12-13,15-16H2,1H3,(H,24,29)(H,26,27);1-2,6,8-10,13,16,20H,3-5,7,11-12,14-15H2,(H,23,28)(H,25,26)/t21-;20-/m00/s1. The predicted octanol–water partition coefficient (Wildman–Crippen LogP) is 7.12. The number of imidazole rings is 2. The normalized spacial score (nSPS) is 16.2. The Balaban J connectivity index is 0.000000174. The SMILES string of the molecule is CC(=O)NCCCCN(Cc1nc2ccccc2[nH]1)[C@H]1CCCc2cccnc21.O=CNCCCCN(Cc1nc2ccccc2[nH]1)[C@H]1CCCc2cccnc21. The van der Waals surface area contributed by atoms with Gasteiger partial charge in [-0.3, -0.25) is 29.4 Å². The van der Waals surface area contributed by atoms with Crippen LogP contribution in [0.3, 0.4) is 0 Å². The van der Waals surface area contributed by atoms with Crippen molar-refractivity contribution in [1.82, 2.24) is 50.3 Å². The minimum Gasteiger partial charge on any atom is -0.359 e. The molecule has 0 spiro atoms. The van der Waals surface area contributed by atoms with E-state index in [4.69, 9.17) is 19.9 Å². The molecule has 2 aliphatic carbocycles. The van der Waals surface area contributed by atoms with Gasteiger partial charge in [0.1, 0.15) is 11.6 Å². The molecule has 6 aromatic rings. The highest BCUT2D eigenvalue weighted by molar-refractivity contribution is 5.75. The lowest BCUT2D eigenvalue weighted by Gasteiger charge is -2.34. The first-order valence-corrected chi connectivity index (χ1v) is 20.7. The number of nitrogens with zero attached hydrogens (tertiary/aromatic N) is 6. The third kappa shape index (κ3) is 10.7. The summed E-state index contributed by atoms with van der Waals surface area (Å²) in [5.41, 5.74) is 9.36. The third-order valence-electron chi connectivity index (χ3n) is 11.1. The van der Waals surface area contributed by atoms with Crippen molar-refractivity contribution in [2.45, 2.75) is 96.3 Å². The molecule has 4 heterocycles. The number of rotatable bonds is 17. The Bertz CT molecular complexity index is 2130. The lowest BCUT2D eigenvalue weighted by molar-refractivity contribution is -0.119. The molecule has 57 heavy (non-hydrogen) atoms. The molecule has 0 fully saturated rings. The van der Waals surface area contributed by atoms with Crippen LogP contribution in [0.4, 0.5) is 0 Å². The summed E-state index contributed by atoms with van der Waals surface area (Å²) in [7, 11) is 0. The smallest absolute Gasteiger partial charge is 0.216 e. The summed E-state index contributed by atoms with van der Waals surface area (Å²) in [6, 6.07) is 25.5. The van der Waals surface area contributed by atoms with E-state index < -0.39 is 0 Å². The Hall–Kier alpha value is -5.46. The number of fused-ring (bicyclic) bond motifs is 4. The minimum absolute atomic E-state index is 0.0366. The fourth-order valence-corrected chi connectivity index (χ4v) is 8.42. The van der Waals surface area contributed by atoms with Crippen LogP contribution in [0, 0.1) is 0 Å². The largest absolute Gasteiger partial charge is 0.359 e. The second kappa shape index (κ2) is 20.1. The van der Waals surface area contributed by atoms with E-state index in [2.05, 4.69) is 54.7 Å². The molecule has 4 N–H and O–H groups in total. The fraction of sp³-hybridized carbons (Fsp3) is 0.422. The molecule has 12 heteroatoms. The number of para-hydroxylation sites is 4. The maximum atomic E-state index is 11.1. The van der Waals surface area contributed by atoms with E-state index in [1.165, 1.54) is 35.4 Å². The van der Waals surface area contributed by atoms with Gasteiger partial charge in [-0.05, 0) is 125 Å². The average Bonchev–Trinajstić information content (AvgIpc) is 3.86. The molecule has 8 rings (SSSR count). The van der Waals surface area contributed by atoms with Crippen LogP contribution in [0.1, 0.15) is 105 Å². The summed E-state index contributed by atoms with van der Waals surface area (Å²) in [6.45, 7) is 6.48. The van der Waals surface area contributed by atoms with Crippen LogP contribution >= 0.6 is 0 Å². The van der Waals surface area contributed by atoms with Gasteiger partial charge in [-0.15, -0.1) is 0 Å². The maximum Gasteiger partial charge on any atom is 0.216 e. The molecule has 12 nitrogen and oxygen atoms in total. The monoisotopic (exact) mass is 768 g/mol. The Morgan fingerprint density at radius 1 is 0.702 bits per heavy atom. The van der Waals surface area contributed by atoms with Crippen LogP contribution in [0.2, 0.25) is 0 Å². The number of unbranched alkanes of at least 4 members (excludes halogenated alkanes) is 2. The zero-order chi connectivity index (χ0) is 39.2. The lowest BCUT2D eigenvalue weighted by Crippen LogP contribution is -2.33. The zero-order valence-corrected chi connectivity index (χ0v) is 33.1. The van der Waals surface area contributed by atoms with Crippen molar-refractivity contribution < 1.29 is 9.59 Å². The lowest BCUT2D eigenvalue weighted by atomic mass is 9.90. The number of hydrogen-bond acceptors (Lipinski definition) is 8. The number of benzene rings is 2. The van der Waals surface area contributed by atoms with Gasteiger partial charge in [-0.2, -0.15) is 0 Å². The molecule has 0 aliphatic heterocycles. The topological polar surface area (TPSA) is 148 Å². The van der Waals surface area contributed by atoms with Crippen LogP contribution in [0.15, 0.2) is 85.2 Å². The molecule has 2 amide bonds. The van der Waals surface area contributed by atoms with Crippen LogP contribution in [0.25, 0.3) is 22.1 Å². The predicted molar refractivity (Wildman–Crippen MR) is 224 cm³/mol. The van der Waals surface area contributed by atoms with Gasteiger partial charge in [0.05, 0.1) is 58.6 Å². The quantitative estimate of drug-likeness (QED) is 0.0567. The van der Waals surface area contributed by atoms with E-state index in [-0.39, 0.29) is 5.91 Å². The number of H-pyrrole nitrogens is 2. The van der Waals surface area contributed by atoms with Crippen molar-refractivity contribution in [1.29, 1.82) is 0 Å². The summed E-state index contributed by atoms with van der Waals surface area (Å²) in [4.78, 5) is 52.6. The van der Waals surface area contributed by atoms with Gasteiger partial charge in [0, 0.05) is 32.4 Å². The molecule has 2 aromatic carbocycles. The van der Waals surface area contributed by atoms with Crippen LogP contribution in [0.5, 0.6) is 0 Å². The Kier molecular flexibility index (Phi) is 14.0. The number of pyridine rings is 2. The van der Waals surface area contributed by atoms with Gasteiger partial charge in [0.2, 0.25) is 12.3 Å². The molecule has 0 unspecified atom stereocenters. The highest BCUT2D eigenvalue weighted by Crippen LogP contribution is 2.35. The van der Waals surface area contributed by atoms with Gasteiger partial charge in [-0.25, -0.2) is 9.97 Å². The van der Waals surface area contributed by atoms with Crippen molar-refractivity contribution >= 4 is 34.4 Å². The minimum atomic E-state index is 0.0366. The van der Waals surface area contributed by atoms with Crippen molar-refractivity contribution in [3.05, 3.63) is 119 Å². The van der Waals surface area contributed by atoms with E-state index >= 15 is 0 Å². The molecule has 4 aromatic heterocycles. The van der Waals surface area contributed by atoms with E-state index in [1.807, 2.05) is 60.9 Å². The Morgan fingerprint density at radius 2 is 1.21 bits per heavy atom. The summed E-state index contributed by atoms with van der Waals surface area (Å²) in [6.07, 6.45) is 15.4. The van der Waals surface area contributed by atoms with E-state index in [0.29, 0.717) is 12.1 Å². The van der Waals surface area contributed by atoms with Crippen molar-refractivity contribution in [2.24, 2.45) is 0 Å². The molecule has 0 radical (unpaired) electrons. The van der Waals surface area contributed by atoms with Gasteiger partial charge >= 0.3 is 0 Å². The molecular weight excluding hydrogens is 713 g/mol. The molecule has 0 saturated heterocycles. The maximum absolute atomic E-state index is 11.1. The first kappa shape index (κ1) is 39.8. The van der Waals surface area contributed by atoms with Crippen LogP contribution in [-0.4, -0.2) is 78.2 Å². The average molecular weight is 769 g/mol. The molecular formula is C45H56N10O2. The third-order valence-corrected chi connectivity index (χ3v) is 11.1. The Morgan fingerprint density at radius 3 is 1.70 bits per heavy atom. The number of amides is 2. The van der Waals surface area contributed by atoms with Crippen molar-refractivity contribution in [2.75, 3.05) is 26.2 Å². The second-order valence-electron chi connectivity index (χ2n) is 15.2. The highest BCUT2D eigenvalue weighted by atomic mass is 16.1. The number of aryl methyl sites for hydroxylation is 2. The van der Waals surface area contributed by atoms with E-state index in [1.54, 1.807) is 6.92 Å². The van der Waals surface area contributed by atoms with Crippen LogP contribution < -0.4 is 10.6 Å². The molecule has 0 saturated carbocycles. The molecule has 2 aliphatic rings. The Labute approximate surface area is 335 Å². The number of carbonyl (C=O) groups excluding carboxylic acids is 2. The second-order valence-corrected chi connectivity index (χ2v) is 15.2. The van der Waals surface area contributed by atoms with Crippen LogP contribution in [-0.2, 0) is 35.5 Å². The van der Waals surface area contributed by atoms with Crippen molar-refractivity contribution in [3.63, 3.8) is 0 Å². The summed E-state index contributed by atoms with van der Waals surface area (Å²) >= 11 is 0. The van der Waals surface area contributed by atoms with E-state index in [9.17, 15) is 9.59 Å². The van der Waals surface area contributed by atoms with Gasteiger partial charge in [0.25, 0.3) is 0 Å². The fourth-order valence-electron chi connectivity index (χ4n) is 8.42. The summed E-state index contributed by atoms with van der Waals surface area (Å²) in [5.74, 6) is 2.03.